The molecule has 0 fully saturated rings. The summed E-state index contributed by atoms with van der Waals surface area (Å²) in [6, 6.07) is 6.50. The molecule has 0 spiro atoms. The standard InChI is InChI=1S/C23H38N4O3/c1-6-13-27(14-7-2)23(30)20-10-8-9-19(15-20)22(29)25-12-11-24-18(5)21(28)26-16-17(3)4/h8-10,15,17-18,24H,6-7,11-14,16H2,1-5H3,(H,25,29)(H,26,28). The first-order valence-electron chi connectivity index (χ1n) is 11.0. The normalized spacial score (nSPS) is 11.8. The van der Waals surface area contributed by atoms with Crippen LogP contribution >= 0.6 is 0 Å². The van der Waals surface area contributed by atoms with Crippen LogP contribution < -0.4 is 16.0 Å². The lowest BCUT2D eigenvalue weighted by atomic mass is 10.1. The topological polar surface area (TPSA) is 90.5 Å². The molecule has 7 nitrogen and oxygen atoms in total. The summed E-state index contributed by atoms with van der Waals surface area (Å²) >= 11 is 0. The molecule has 168 valence electrons. The Hall–Kier alpha value is -2.41. The van der Waals surface area contributed by atoms with Gasteiger partial charge in [-0.2, -0.15) is 0 Å². The third-order valence-corrected chi connectivity index (χ3v) is 4.58. The number of carbonyl (C=O) groups excluding carboxylic acids is 3. The minimum absolute atomic E-state index is 0.0451. The van der Waals surface area contributed by atoms with Crippen molar-refractivity contribution in [1.29, 1.82) is 0 Å². The van der Waals surface area contributed by atoms with Crippen LogP contribution in [0.2, 0.25) is 0 Å². The molecule has 0 aliphatic heterocycles. The van der Waals surface area contributed by atoms with Crippen molar-refractivity contribution in [3.8, 4) is 0 Å². The second-order valence-corrected chi connectivity index (χ2v) is 7.94. The lowest BCUT2D eigenvalue weighted by molar-refractivity contribution is -0.122. The summed E-state index contributed by atoms with van der Waals surface area (Å²) in [5.74, 6) is 0.0706. The predicted molar refractivity (Wildman–Crippen MR) is 121 cm³/mol. The molecule has 0 aliphatic rings. The first-order valence-corrected chi connectivity index (χ1v) is 11.0. The third kappa shape index (κ3) is 8.95. The van der Waals surface area contributed by atoms with Gasteiger partial charge in [0.2, 0.25) is 5.91 Å². The van der Waals surface area contributed by atoms with E-state index in [1.807, 2.05) is 32.6 Å². The van der Waals surface area contributed by atoms with Crippen LogP contribution in [-0.4, -0.2) is 61.4 Å². The Morgan fingerprint density at radius 3 is 2.17 bits per heavy atom. The Morgan fingerprint density at radius 2 is 1.57 bits per heavy atom. The molecular formula is C23H38N4O3. The molecule has 0 aliphatic carbocycles. The third-order valence-electron chi connectivity index (χ3n) is 4.58. The average Bonchev–Trinajstić information content (AvgIpc) is 2.74. The SMILES string of the molecule is CCCN(CCC)C(=O)c1cccc(C(=O)NCCNC(C)C(=O)NCC(C)C)c1. The minimum atomic E-state index is -0.329. The van der Waals surface area contributed by atoms with E-state index in [9.17, 15) is 14.4 Å². The maximum atomic E-state index is 12.7. The molecule has 1 unspecified atom stereocenters. The Labute approximate surface area is 181 Å². The largest absolute Gasteiger partial charge is 0.354 e. The van der Waals surface area contributed by atoms with E-state index in [0.717, 1.165) is 12.8 Å². The highest BCUT2D eigenvalue weighted by molar-refractivity contribution is 5.99. The second-order valence-electron chi connectivity index (χ2n) is 7.94. The van der Waals surface area contributed by atoms with Crippen molar-refractivity contribution in [2.24, 2.45) is 5.92 Å². The van der Waals surface area contributed by atoms with E-state index < -0.39 is 0 Å². The maximum Gasteiger partial charge on any atom is 0.253 e. The fraction of sp³-hybridized carbons (Fsp3) is 0.609. The summed E-state index contributed by atoms with van der Waals surface area (Å²) < 4.78 is 0. The quantitative estimate of drug-likeness (QED) is 0.429. The van der Waals surface area contributed by atoms with Crippen molar-refractivity contribution >= 4 is 17.7 Å². The lowest BCUT2D eigenvalue weighted by Crippen LogP contribution is -2.45. The predicted octanol–water partition coefficient (Wildman–Crippen LogP) is 2.43. The smallest absolute Gasteiger partial charge is 0.253 e. The van der Waals surface area contributed by atoms with Crippen molar-refractivity contribution in [2.45, 2.75) is 53.5 Å². The lowest BCUT2D eigenvalue weighted by Gasteiger charge is -2.21. The van der Waals surface area contributed by atoms with Gasteiger partial charge in [-0.25, -0.2) is 0 Å². The van der Waals surface area contributed by atoms with Crippen molar-refractivity contribution in [2.75, 3.05) is 32.7 Å². The van der Waals surface area contributed by atoms with Crippen LogP contribution in [0.4, 0.5) is 0 Å². The number of rotatable bonds is 13. The van der Waals surface area contributed by atoms with Gasteiger partial charge in [-0.15, -0.1) is 0 Å². The molecule has 0 bridgehead atoms. The molecule has 0 radical (unpaired) electrons. The van der Waals surface area contributed by atoms with Gasteiger partial charge >= 0.3 is 0 Å². The Balaban J connectivity index is 2.54. The van der Waals surface area contributed by atoms with E-state index in [0.29, 0.717) is 49.8 Å². The number of nitrogens with zero attached hydrogens (tertiary/aromatic N) is 1. The van der Waals surface area contributed by atoms with Gasteiger partial charge < -0.3 is 20.9 Å². The van der Waals surface area contributed by atoms with Crippen LogP contribution in [0.25, 0.3) is 0 Å². The molecule has 0 saturated carbocycles. The highest BCUT2D eigenvalue weighted by Crippen LogP contribution is 2.10. The molecule has 3 N–H and O–H groups in total. The van der Waals surface area contributed by atoms with Gasteiger partial charge in [0, 0.05) is 43.9 Å². The molecule has 7 heteroatoms. The first-order chi connectivity index (χ1) is 14.3. The van der Waals surface area contributed by atoms with E-state index in [1.165, 1.54) is 0 Å². The zero-order chi connectivity index (χ0) is 22.5. The van der Waals surface area contributed by atoms with E-state index >= 15 is 0 Å². The van der Waals surface area contributed by atoms with Gasteiger partial charge in [-0.3, -0.25) is 14.4 Å². The zero-order valence-electron chi connectivity index (χ0n) is 19.1. The van der Waals surface area contributed by atoms with Gasteiger partial charge in [0.25, 0.3) is 11.8 Å². The summed E-state index contributed by atoms with van der Waals surface area (Å²) in [4.78, 5) is 39.0. The van der Waals surface area contributed by atoms with Crippen molar-refractivity contribution < 1.29 is 14.4 Å². The minimum Gasteiger partial charge on any atom is -0.354 e. The molecule has 1 rings (SSSR count). The highest BCUT2D eigenvalue weighted by atomic mass is 16.2. The number of nitrogens with one attached hydrogen (secondary N) is 3. The van der Waals surface area contributed by atoms with Gasteiger partial charge in [0.15, 0.2) is 0 Å². The average molecular weight is 419 g/mol. The van der Waals surface area contributed by atoms with Crippen LogP contribution in [0.15, 0.2) is 24.3 Å². The first kappa shape index (κ1) is 25.6. The Morgan fingerprint density at radius 1 is 0.933 bits per heavy atom. The molecule has 0 heterocycles. The van der Waals surface area contributed by atoms with Gasteiger partial charge in [-0.1, -0.05) is 33.8 Å². The van der Waals surface area contributed by atoms with E-state index in [4.69, 9.17) is 0 Å². The van der Waals surface area contributed by atoms with Crippen LogP contribution in [0.1, 0.15) is 68.2 Å². The number of carbonyl (C=O) groups is 3. The molecule has 0 saturated heterocycles. The summed E-state index contributed by atoms with van der Waals surface area (Å²) in [6.45, 7) is 12.9. The van der Waals surface area contributed by atoms with Crippen molar-refractivity contribution in [3.63, 3.8) is 0 Å². The Kier molecular flexibility index (Phi) is 11.7. The van der Waals surface area contributed by atoms with E-state index in [1.54, 1.807) is 31.2 Å². The van der Waals surface area contributed by atoms with Crippen LogP contribution in [0.5, 0.6) is 0 Å². The van der Waals surface area contributed by atoms with Gasteiger partial charge in [0.1, 0.15) is 0 Å². The summed E-state index contributed by atoms with van der Waals surface area (Å²) in [7, 11) is 0. The molecule has 1 aromatic carbocycles. The summed E-state index contributed by atoms with van der Waals surface area (Å²) in [6.07, 6.45) is 1.79. The van der Waals surface area contributed by atoms with E-state index in [2.05, 4.69) is 16.0 Å². The van der Waals surface area contributed by atoms with Gasteiger partial charge in [-0.05, 0) is 43.9 Å². The summed E-state index contributed by atoms with van der Waals surface area (Å²) in [5, 5.41) is 8.81. The van der Waals surface area contributed by atoms with Crippen LogP contribution in [-0.2, 0) is 4.79 Å². The van der Waals surface area contributed by atoms with Crippen molar-refractivity contribution in [1.82, 2.24) is 20.9 Å². The molecule has 30 heavy (non-hydrogen) atoms. The highest BCUT2D eigenvalue weighted by Gasteiger charge is 2.16. The number of hydrogen-bond donors (Lipinski definition) is 3. The monoisotopic (exact) mass is 418 g/mol. The summed E-state index contributed by atoms with van der Waals surface area (Å²) in [5.41, 5.74) is 0.981. The second kappa shape index (κ2) is 13.7. The zero-order valence-corrected chi connectivity index (χ0v) is 19.1. The molecule has 0 aromatic heterocycles. The number of benzene rings is 1. The van der Waals surface area contributed by atoms with E-state index in [-0.39, 0.29) is 23.8 Å². The molecule has 3 amide bonds. The molecule has 1 aromatic rings. The number of hydrogen-bond acceptors (Lipinski definition) is 4. The van der Waals surface area contributed by atoms with Gasteiger partial charge in [0.05, 0.1) is 6.04 Å². The molecular weight excluding hydrogens is 380 g/mol. The Bertz CT molecular complexity index is 685. The molecule has 1 atom stereocenters. The number of amides is 3. The van der Waals surface area contributed by atoms with Crippen LogP contribution in [0, 0.1) is 5.92 Å². The maximum absolute atomic E-state index is 12.7. The van der Waals surface area contributed by atoms with Crippen molar-refractivity contribution in [3.05, 3.63) is 35.4 Å². The van der Waals surface area contributed by atoms with Crippen LogP contribution in [0.3, 0.4) is 0 Å². The fourth-order valence-electron chi connectivity index (χ4n) is 2.95. The fourth-order valence-corrected chi connectivity index (χ4v) is 2.95.